The Kier molecular flexibility index (Phi) is 13.1. The Hall–Kier alpha value is -2.03. The van der Waals surface area contributed by atoms with Crippen molar-refractivity contribution in [3.05, 3.63) is 82.0 Å². The van der Waals surface area contributed by atoms with Gasteiger partial charge in [-0.15, -0.1) is 0 Å². The van der Waals surface area contributed by atoms with Gasteiger partial charge in [0.1, 0.15) is 6.17 Å². The van der Waals surface area contributed by atoms with E-state index in [0.717, 1.165) is 53.7 Å². The van der Waals surface area contributed by atoms with E-state index in [1.165, 1.54) is 82.6 Å². The van der Waals surface area contributed by atoms with E-state index in [0.29, 0.717) is 42.7 Å². The number of rotatable bonds is 13. The number of allylic oxidation sites excluding steroid dienone is 14. The van der Waals surface area contributed by atoms with Crippen LogP contribution in [0.1, 0.15) is 136 Å². The Balaban J connectivity index is 1.12. The normalized spacial score (nSPS) is 32.8. The first-order valence-corrected chi connectivity index (χ1v) is 18.7. The van der Waals surface area contributed by atoms with Crippen LogP contribution in [0.2, 0.25) is 0 Å². The molecular formula is C42H59F3. The van der Waals surface area contributed by atoms with E-state index < -0.39 is 18.5 Å². The Bertz CT molecular complexity index is 1180. The second kappa shape index (κ2) is 17.2. The minimum absolute atomic E-state index is 0.470. The highest BCUT2D eigenvalue weighted by Gasteiger charge is 2.35. The van der Waals surface area contributed by atoms with Crippen LogP contribution < -0.4 is 0 Å². The summed E-state index contributed by atoms with van der Waals surface area (Å²) in [5.74, 6) is 3.24. The Morgan fingerprint density at radius 3 is 1.98 bits per heavy atom. The van der Waals surface area contributed by atoms with Gasteiger partial charge in [-0.3, -0.25) is 0 Å². The Labute approximate surface area is 272 Å². The molecule has 0 aromatic rings. The van der Waals surface area contributed by atoms with E-state index in [-0.39, 0.29) is 0 Å². The second-order valence-electron chi connectivity index (χ2n) is 14.8. The van der Waals surface area contributed by atoms with E-state index in [2.05, 4.69) is 32.1 Å². The lowest BCUT2D eigenvalue weighted by Gasteiger charge is -2.39. The van der Waals surface area contributed by atoms with Gasteiger partial charge in [0.2, 0.25) is 0 Å². The number of hydrogen-bond donors (Lipinski definition) is 0. The zero-order valence-corrected chi connectivity index (χ0v) is 28.2. The van der Waals surface area contributed by atoms with Gasteiger partial charge in [-0.05, 0) is 136 Å². The molecule has 2 saturated carbocycles. The summed E-state index contributed by atoms with van der Waals surface area (Å²) < 4.78 is 45.9. The first-order valence-electron chi connectivity index (χ1n) is 18.7. The van der Waals surface area contributed by atoms with Crippen molar-refractivity contribution < 1.29 is 13.2 Å². The third kappa shape index (κ3) is 9.07. The zero-order valence-electron chi connectivity index (χ0n) is 28.2. The van der Waals surface area contributed by atoms with Crippen LogP contribution in [0.25, 0.3) is 0 Å². The van der Waals surface area contributed by atoms with Gasteiger partial charge in [-0.2, -0.15) is 0 Å². The molecule has 3 unspecified atom stereocenters. The lowest BCUT2D eigenvalue weighted by molar-refractivity contribution is 0.149. The van der Waals surface area contributed by atoms with Gasteiger partial charge in [-0.1, -0.05) is 99.6 Å². The summed E-state index contributed by atoms with van der Waals surface area (Å²) in [6.07, 6.45) is 33.4. The largest absolute Gasteiger partial charge is 0.242 e. The first kappa shape index (κ1) is 34.3. The molecule has 2 fully saturated rings. The molecule has 0 aliphatic heterocycles. The van der Waals surface area contributed by atoms with Gasteiger partial charge >= 0.3 is 0 Å². The number of halogens is 3. The summed E-state index contributed by atoms with van der Waals surface area (Å²) in [7, 11) is 0. The van der Waals surface area contributed by atoms with Gasteiger partial charge in [0.05, 0.1) is 0 Å². The van der Waals surface area contributed by atoms with Crippen LogP contribution in [0.15, 0.2) is 82.0 Å². The van der Waals surface area contributed by atoms with E-state index in [4.69, 9.17) is 0 Å². The maximum atomic E-state index is 15.6. The topological polar surface area (TPSA) is 0 Å². The molecule has 3 atom stereocenters. The molecule has 0 aromatic carbocycles. The summed E-state index contributed by atoms with van der Waals surface area (Å²) in [6.45, 7) is 4.30. The van der Waals surface area contributed by atoms with E-state index in [1.54, 1.807) is 6.08 Å². The molecule has 5 rings (SSSR count). The highest BCUT2D eigenvalue weighted by atomic mass is 19.2. The molecular weight excluding hydrogens is 561 g/mol. The van der Waals surface area contributed by atoms with Crippen molar-refractivity contribution in [3.63, 3.8) is 0 Å². The number of alkyl halides is 3. The van der Waals surface area contributed by atoms with Gasteiger partial charge < -0.3 is 0 Å². The maximum Gasteiger partial charge on any atom is 0.160 e. The lowest BCUT2D eigenvalue weighted by atomic mass is 9.67. The van der Waals surface area contributed by atoms with Crippen LogP contribution in [-0.4, -0.2) is 18.5 Å². The van der Waals surface area contributed by atoms with Gasteiger partial charge in [0, 0.05) is 6.42 Å². The van der Waals surface area contributed by atoms with Crippen LogP contribution in [0.4, 0.5) is 13.2 Å². The molecule has 0 spiro atoms. The summed E-state index contributed by atoms with van der Waals surface area (Å²) >= 11 is 0. The minimum atomic E-state index is -1.60. The number of unbranched alkanes of at least 4 members (excludes halogenated alkanes) is 4. The fraction of sp³-hybridized carbons (Fsp3) is 0.667. The van der Waals surface area contributed by atoms with E-state index in [1.807, 2.05) is 24.3 Å². The second-order valence-corrected chi connectivity index (χ2v) is 14.8. The first-order chi connectivity index (χ1) is 22.0. The van der Waals surface area contributed by atoms with E-state index >= 15 is 13.2 Å². The molecule has 0 amide bonds. The average molecular weight is 621 g/mol. The smallest absolute Gasteiger partial charge is 0.160 e. The third-order valence-electron chi connectivity index (χ3n) is 11.9. The zero-order chi connectivity index (χ0) is 31.6. The molecule has 5 aliphatic carbocycles. The molecule has 45 heavy (non-hydrogen) atoms. The van der Waals surface area contributed by atoms with Crippen molar-refractivity contribution in [2.24, 2.45) is 23.7 Å². The molecule has 0 aromatic heterocycles. The summed E-state index contributed by atoms with van der Waals surface area (Å²) in [5.41, 5.74) is 5.03. The van der Waals surface area contributed by atoms with Crippen LogP contribution in [0.5, 0.6) is 0 Å². The Morgan fingerprint density at radius 2 is 1.33 bits per heavy atom. The third-order valence-corrected chi connectivity index (χ3v) is 11.9. The van der Waals surface area contributed by atoms with Crippen molar-refractivity contribution in [1.82, 2.24) is 0 Å². The fourth-order valence-electron chi connectivity index (χ4n) is 8.99. The van der Waals surface area contributed by atoms with Crippen molar-refractivity contribution in [2.45, 2.75) is 154 Å². The van der Waals surface area contributed by atoms with Crippen molar-refractivity contribution in [1.29, 1.82) is 0 Å². The van der Waals surface area contributed by atoms with Gasteiger partial charge in [0.15, 0.2) is 12.3 Å². The molecule has 0 heterocycles. The molecule has 0 saturated heterocycles. The molecule has 0 bridgehead atoms. The van der Waals surface area contributed by atoms with Crippen molar-refractivity contribution in [2.75, 3.05) is 0 Å². The summed E-state index contributed by atoms with van der Waals surface area (Å²) in [4.78, 5) is 0. The summed E-state index contributed by atoms with van der Waals surface area (Å²) in [6, 6.07) is 0. The summed E-state index contributed by atoms with van der Waals surface area (Å²) in [5, 5.41) is 0. The monoisotopic (exact) mass is 620 g/mol. The minimum Gasteiger partial charge on any atom is -0.242 e. The molecule has 5 aliphatic rings. The SMILES string of the molecule is C/C=C/CCC1CCC(C2CCC(C3=CC=C(C4=CC=C(C5=CC=C(CCCCCCC)C(F)C5F)CC4)C(F)C3)CC2)CC1. The van der Waals surface area contributed by atoms with Gasteiger partial charge in [-0.25, -0.2) is 13.2 Å². The molecule has 3 heteroatoms. The van der Waals surface area contributed by atoms with Crippen LogP contribution in [-0.2, 0) is 0 Å². The predicted molar refractivity (Wildman–Crippen MR) is 185 cm³/mol. The molecule has 0 nitrogen and oxygen atoms in total. The van der Waals surface area contributed by atoms with Crippen LogP contribution in [0.3, 0.4) is 0 Å². The quantitative estimate of drug-likeness (QED) is 0.142. The standard InChI is InChI=1S/C42H59F3/c1-3-5-7-8-10-12-36-25-28-39(42(45)41(36)44)35-23-21-34(22-24-35)38-27-26-37(29-40(38)43)33-19-17-32(18-20-33)31-15-13-30(14-16-31)11-9-6-4-2/h4,6,21,23,25-28,30-33,40-42H,3,5,7-20,22,24,29H2,1-2H3/b6-4+. The lowest BCUT2D eigenvalue weighted by Crippen LogP contribution is -2.27. The van der Waals surface area contributed by atoms with Crippen molar-refractivity contribution in [3.8, 4) is 0 Å². The van der Waals surface area contributed by atoms with Crippen LogP contribution in [0, 0.1) is 23.7 Å². The van der Waals surface area contributed by atoms with Gasteiger partial charge in [0.25, 0.3) is 0 Å². The molecule has 248 valence electrons. The maximum absolute atomic E-state index is 15.6. The Morgan fingerprint density at radius 1 is 0.689 bits per heavy atom. The van der Waals surface area contributed by atoms with E-state index in [9.17, 15) is 0 Å². The van der Waals surface area contributed by atoms with Crippen LogP contribution >= 0.6 is 0 Å². The number of hydrogen-bond acceptors (Lipinski definition) is 0. The fourth-order valence-corrected chi connectivity index (χ4v) is 8.99. The highest BCUT2D eigenvalue weighted by molar-refractivity contribution is 5.51. The van der Waals surface area contributed by atoms with Crippen molar-refractivity contribution >= 4 is 0 Å². The molecule has 0 radical (unpaired) electrons. The predicted octanol–water partition coefficient (Wildman–Crippen LogP) is 13.1. The molecule has 0 N–H and O–H groups in total. The average Bonchev–Trinajstić information content (AvgIpc) is 3.07. The highest BCUT2D eigenvalue weighted by Crippen LogP contribution is 2.46.